The van der Waals surface area contributed by atoms with Crippen LogP contribution in [0.2, 0.25) is 0 Å². The van der Waals surface area contributed by atoms with Crippen LogP contribution in [0.1, 0.15) is 57.6 Å². The molecule has 12 nitrogen and oxygen atoms in total. The molecule has 2 saturated heterocycles. The molecule has 7 atom stereocenters. The largest absolute Gasteiger partial charge is 0.507 e. The van der Waals surface area contributed by atoms with Gasteiger partial charge in [0.15, 0.2) is 23.0 Å². The number of rotatable bonds is 2. The normalized spacial score (nSPS) is 30.3. The maximum atomic E-state index is 13.2. The SMILES string of the molecule is COc1c(C)cc2c(c1O)C1NC(C2)[C@H](C#N)N2C3COC(=O)C(NC(C)=O)CS[C@H](c4c(O)c(C)c5c(c43)OCO5)C12. The van der Waals surface area contributed by atoms with Crippen molar-refractivity contribution in [1.82, 2.24) is 15.5 Å². The van der Waals surface area contributed by atoms with Crippen LogP contribution in [0.3, 0.4) is 0 Å². The monoisotopic (exact) mass is 608 g/mol. The Morgan fingerprint density at radius 3 is 2.67 bits per heavy atom. The average molecular weight is 609 g/mol. The fourth-order valence-electron chi connectivity index (χ4n) is 7.66. The van der Waals surface area contributed by atoms with Crippen LogP contribution in [-0.2, 0) is 20.7 Å². The summed E-state index contributed by atoms with van der Waals surface area (Å²) in [4.78, 5) is 27.3. The Balaban J connectivity index is 1.49. The molecular formula is C30H32N4O8S. The minimum atomic E-state index is -0.915. The van der Waals surface area contributed by atoms with E-state index in [4.69, 9.17) is 18.9 Å². The number of aromatic hydroxyl groups is 2. The first kappa shape index (κ1) is 27.9. The highest BCUT2D eigenvalue weighted by Gasteiger charge is 2.58. The number of nitriles is 1. The first-order chi connectivity index (χ1) is 20.7. The van der Waals surface area contributed by atoms with E-state index in [0.717, 1.165) is 11.1 Å². The third-order valence-electron chi connectivity index (χ3n) is 9.31. The summed E-state index contributed by atoms with van der Waals surface area (Å²) in [6, 6.07) is 1.02. The van der Waals surface area contributed by atoms with Crippen molar-refractivity contribution in [3.63, 3.8) is 0 Å². The molecule has 226 valence electrons. The molecule has 2 aromatic rings. The van der Waals surface area contributed by atoms with Crippen molar-refractivity contribution in [2.75, 3.05) is 26.3 Å². The van der Waals surface area contributed by atoms with Crippen LogP contribution < -0.4 is 24.8 Å². The molecule has 5 unspecified atom stereocenters. The molecule has 2 fully saturated rings. The number of thioether (sulfide) groups is 1. The zero-order valence-corrected chi connectivity index (χ0v) is 24.9. The van der Waals surface area contributed by atoms with Gasteiger partial charge in [0.05, 0.1) is 30.5 Å². The number of carbonyl (C=O) groups is 2. The first-order valence-corrected chi connectivity index (χ1v) is 15.2. The number of piperazine rings is 1. The van der Waals surface area contributed by atoms with Crippen molar-refractivity contribution < 1.29 is 38.7 Å². The Labute approximate surface area is 252 Å². The Hall–Kier alpha value is -3.86. The number of fused-ring (bicyclic) bond motifs is 9. The minimum Gasteiger partial charge on any atom is -0.507 e. The second-order valence-corrected chi connectivity index (χ2v) is 12.8. The second kappa shape index (κ2) is 10.1. The molecule has 0 aliphatic carbocycles. The Kier molecular flexibility index (Phi) is 6.57. The highest BCUT2D eigenvalue weighted by atomic mass is 32.2. The molecule has 5 heterocycles. The van der Waals surface area contributed by atoms with Gasteiger partial charge in [0.2, 0.25) is 12.7 Å². The van der Waals surface area contributed by atoms with Crippen LogP contribution in [0.25, 0.3) is 0 Å². The highest BCUT2D eigenvalue weighted by Crippen LogP contribution is 2.62. The van der Waals surface area contributed by atoms with Gasteiger partial charge in [-0.2, -0.15) is 5.26 Å². The van der Waals surface area contributed by atoms with Crippen LogP contribution in [0.15, 0.2) is 6.07 Å². The summed E-state index contributed by atoms with van der Waals surface area (Å²) in [6.07, 6.45) is 0.490. The number of benzene rings is 2. The molecule has 5 aliphatic heterocycles. The van der Waals surface area contributed by atoms with E-state index >= 15 is 0 Å². The van der Waals surface area contributed by atoms with Gasteiger partial charge < -0.3 is 39.8 Å². The summed E-state index contributed by atoms with van der Waals surface area (Å²) in [6.45, 7) is 4.81. The number of ether oxygens (including phenoxy) is 4. The van der Waals surface area contributed by atoms with Gasteiger partial charge in [0, 0.05) is 47.0 Å². The number of methoxy groups -OCH3 is 1. The van der Waals surface area contributed by atoms with Crippen molar-refractivity contribution in [1.29, 1.82) is 5.26 Å². The molecule has 0 saturated carbocycles. The first-order valence-electron chi connectivity index (χ1n) is 14.2. The van der Waals surface area contributed by atoms with Crippen molar-refractivity contribution >= 4 is 23.6 Å². The van der Waals surface area contributed by atoms with E-state index < -0.39 is 41.4 Å². The molecule has 0 radical (unpaired) electrons. The quantitative estimate of drug-likeness (QED) is 0.368. The van der Waals surface area contributed by atoms with Gasteiger partial charge in [-0.25, -0.2) is 4.79 Å². The molecule has 43 heavy (non-hydrogen) atoms. The second-order valence-electron chi connectivity index (χ2n) is 11.6. The van der Waals surface area contributed by atoms with Gasteiger partial charge in [-0.15, -0.1) is 11.8 Å². The molecule has 5 aliphatic rings. The van der Waals surface area contributed by atoms with Crippen molar-refractivity contribution in [2.24, 2.45) is 0 Å². The number of nitrogens with zero attached hydrogens (tertiary/aromatic N) is 2. The summed E-state index contributed by atoms with van der Waals surface area (Å²) in [5.74, 6) is 0.559. The Morgan fingerprint density at radius 2 is 1.95 bits per heavy atom. The van der Waals surface area contributed by atoms with Crippen molar-refractivity contribution in [3.05, 3.63) is 39.4 Å². The van der Waals surface area contributed by atoms with Gasteiger partial charge in [-0.3, -0.25) is 9.69 Å². The summed E-state index contributed by atoms with van der Waals surface area (Å²) in [7, 11) is 1.52. The topological polar surface area (TPSA) is 163 Å². The fraction of sp³-hybridized carbons (Fsp3) is 0.500. The summed E-state index contributed by atoms with van der Waals surface area (Å²) in [5.41, 5.74) is 4.17. The van der Waals surface area contributed by atoms with Gasteiger partial charge in [0.25, 0.3) is 0 Å². The summed E-state index contributed by atoms with van der Waals surface area (Å²) in [5, 5.41) is 39.8. The Morgan fingerprint density at radius 1 is 1.19 bits per heavy atom. The van der Waals surface area contributed by atoms with Crippen LogP contribution in [-0.4, -0.2) is 77.4 Å². The molecule has 4 N–H and O–H groups in total. The molecule has 0 aromatic heterocycles. The van der Waals surface area contributed by atoms with E-state index in [0.29, 0.717) is 45.9 Å². The molecule has 1 amide bonds. The van der Waals surface area contributed by atoms with Crippen LogP contribution in [0.5, 0.6) is 28.7 Å². The highest BCUT2D eigenvalue weighted by molar-refractivity contribution is 7.99. The summed E-state index contributed by atoms with van der Waals surface area (Å²) >= 11 is 1.38. The predicted octanol–water partition coefficient (Wildman–Crippen LogP) is 2.17. The third-order valence-corrected chi connectivity index (χ3v) is 10.7. The zero-order valence-electron chi connectivity index (χ0n) is 24.1. The number of phenols is 2. The number of cyclic esters (lactones) is 1. The molecule has 2 aromatic carbocycles. The van der Waals surface area contributed by atoms with Crippen LogP contribution in [0.4, 0.5) is 0 Å². The van der Waals surface area contributed by atoms with E-state index in [1.165, 1.54) is 25.8 Å². The van der Waals surface area contributed by atoms with Crippen molar-refractivity contribution in [3.8, 4) is 34.8 Å². The standard InChI is InChI=1S/C30H32N4O8S/c1-11-5-14-6-15-17(7-31)34-18-8-40-30(38)16(32-13(3)35)9-43-29(23(34)22(33-15)19(14)25(37)26(11)39-4)21-20(18)28-27(41-10-42-28)12(2)24(21)36/h5,15-18,22-23,29,33,36-37H,6,8-10H2,1-4H3,(H,32,35)/t15?,16?,17-,18?,22?,23?,29+/m0/s1. The maximum absolute atomic E-state index is 13.2. The number of carbonyl (C=O) groups excluding carboxylic acids is 2. The average Bonchev–Trinajstić information content (AvgIpc) is 3.46. The van der Waals surface area contributed by atoms with Gasteiger partial charge in [-0.1, -0.05) is 6.07 Å². The minimum absolute atomic E-state index is 0.0285. The molecule has 7 rings (SSSR count). The van der Waals surface area contributed by atoms with Gasteiger partial charge in [-0.05, 0) is 31.4 Å². The van der Waals surface area contributed by atoms with Gasteiger partial charge >= 0.3 is 5.97 Å². The zero-order chi connectivity index (χ0) is 30.3. The number of aryl methyl sites for hydroxylation is 1. The molecule has 4 bridgehead atoms. The number of amides is 1. The Bertz CT molecular complexity index is 1610. The summed E-state index contributed by atoms with van der Waals surface area (Å²) < 4.78 is 23.2. The van der Waals surface area contributed by atoms with E-state index in [2.05, 4.69) is 21.6 Å². The van der Waals surface area contributed by atoms with Crippen LogP contribution in [0, 0.1) is 25.2 Å². The number of nitrogens with one attached hydrogen (secondary N) is 2. The van der Waals surface area contributed by atoms with Crippen molar-refractivity contribution in [2.45, 2.75) is 68.7 Å². The fourth-order valence-corrected chi connectivity index (χ4v) is 9.18. The molecule has 0 spiro atoms. The van der Waals surface area contributed by atoms with E-state index in [1.807, 2.05) is 13.0 Å². The third kappa shape index (κ3) is 3.96. The van der Waals surface area contributed by atoms with E-state index in [9.17, 15) is 25.1 Å². The number of phenolic OH excluding ortho intramolecular Hbond substituents is 2. The number of hydrogen-bond donors (Lipinski definition) is 4. The maximum Gasteiger partial charge on any atom is 0.329 e. The lowest BCUT2D eigenvalue weighted by atomic mass is 9.72. The lowest BCUT2D eigenvalue weighted by Gasteiger charge is -2.58. The molecule has 13 heteroatoms. The molecular weight excluding hydrogens is 576 g/mol. The van der Waals surface area contributed by atoms with E-state index in [1.54, 1.807) is 6.92 Å². The lowest BCUT2D eigenvalue weighted by Crippen LogP contribution is -2.69. The number of esters is 1. The predicted molar refractivity (Wildman–Crippen MR) is 153 cm³/mol. The smallest absolute Gasteiger partial charge is 0.329 e. The van der Waals surface area contributed by atoms with Gasteiger partial charge in [0.1, 0.15) is 24.4 Å². The van der Waals surface area contributed by atoms with Crippen LogP contribution >= 0.6 is 11.8 Å². The van der Waals surface area contributed by atoms with E-state index in [-0.39, 0.29) is 42.6 Å². The number of hydrogen-bond acceptors (Lipinski definition) is 12. The lowest BCUT2D eigenvalue weighted by molar-refractivity contribution is -0.150.